The van der Waals surface area contributed by atoms with Gasteiger partial charge in [0.2, 0.25) is 0 Å². The molecule has 0 amide bonds. The van der Waals surface area contributed by atoms with Gasteiger partial charge < -0.3 is 33.8 Å². The molecule has 0 saturated heterocycles. The number of aliphatic hydroxyl groups is 1. The number of hydrogen-bond acceptors (Lipinski definition) is 15. The standard InChI is InChI=1S/C61H118O17P2/c1-6-9-12-15-18-24-30-35-40-45-59(64)72-51-57(78-61(66)47-42-37-32-27-23-21-20-22-26-29-33-38-43-54(4)5)53-76-80(69,70)74-49-55(62)48-73-79(67,68)75-52-56(50-71-58(63)44-39-34-28-17-14-11-8-3)77-60(65)46-41-36-31-25-19-16-13-10-7-2/h54-57,62H,6-53H2,1-5H3,(H,67,68)(H,69,70)/t55-,56+,57+/m0/s1. The van der Waals surface area contributed by atoms with Crippen molar-refractivity contribution in [1.82, 2.24) is 0 Å². The Morgan fingerprint density at radius 3 is 0.850 bits per heavy atom. The van der Waals surface area contributed by atoms with Crippen molar-refractivity contribution in [1.29, 1.82) is 0 Å². The average Bonchev–Trinajstić information content (AvgIpc) is 3.42. The number of ether oxygens (including phenoxy) is 4. The maximum Gasteiger partial charge on any atom is 0.472 e. The zero-order chi connectivity index (χ0) is 59.2. The monoisotopic (exact) mass is 1180 g/mol. The van der Waals surface area contributed by atoms with Crippen molar-refractivity contribution in [3.8, 4) is 0 Å². The number of phosphoric ester groups is 2. The molecule has 0 heterocycles. The summed E-state index contributed by atoms with van der Waals surface area (Å²) in [5.41, 5.74) is 0. The number of esters is 4. The molecule has 17 nitrogen and oxygen atoms in total. The van der Waals surface area contributed by atoms with Gasteiger partial charge in [0, 0.05) is 25.7 Å². The van der Waals surface area contributed by atoms with Crippen LogP contribution in [0.5, 0.6) is 0 Å². The first-order valence-electron chi connectivity index (χ1n) is 32.1. The second-order valence-corrected chi connectivity index (χ2v) is 25.5. The highest BCUT2D eigenvalue weighted by atomic mass is 31.2. The highest BCUT2D eigenvalue weighted by Crippen LogP contribution is 2.45. The van der Waals surface area contributed by atoms with Gasteiger partial charge in [-0.15, -0.1) is 0 Å². The molecule has 5 atom stereocenters. The van der Waals surface area contributed by atoms with Crippen molar-refractivity contribution in [2.45, 2.75) is 323 Å². The zero-order valence-electron chi connectivity index (χ0n) is 51.2. The topological polar surface area (TPSA) is 237 Å². The fraction of sp³-hybridized carbons (Fsp3) is 0.934. The summed E-state index contributed by atoms with van der Waals surface area (Å²) in [6.45, 7) is 7.11. The minimum absolute atomic E-state index is 0.105. The molecule has 0 aliphatic rings. The first-order valence-corrected chi connectivity index (χ1v) is 35.1. The lowest BCUT2D eigenvalue weighted by Gasteiger charge is -2.21. The number of phosphoric acid groups is 2. The van der Waals surface area contributed by atoms with E-state index in [1.165, 1.54) is 116 Å². The quantitative estimate of drug-likeness (QED) is 0.0222. The third-order valence-electron chi connectivity index (χ3n) is 14.0. The van der Waals surface area contributed by atoms with E-state index in [4.69, 9.17) is 37.0 Å². The van der Waals surface area contributed by atoms with Crippen LogP contribution < -0.4 is 0 Å². The molecule has 0 bridgehead atoms. The van der Waals surface area contributed by atoms with E-state index in [0.717, 1.165) is 109 Å². The van der Waals surface area contributed by atoms with Gasteiger partial charge in [0.1, 0.15) is 19.3 Å². The normalized spacial score (nSPS) is 14.3. The summed E-state index contributed by atoms with van der Waals surface area (Å²) < 4.78 is 67.7. The van der Waals surface area contributed by atoms with Crippen LogP contribution in [0.3, 0.4) is 0 Å². The van der Waals surface area contributed by atoms with Gasteiger partial charge in [-0.25, -0.2) is 9.13 Å². The summed E-state index contributed by atoms with van der Waals surface area (Å²) >= 11 is 0. The van der Waals surface area contributed by atoms with Crippen LogP contribution in [-0.4, -0.2) is 96.7 Å². The van der Waals surface area contributed by atoms with Crippen molar-refractivity contribution in [2.24, 2.45) is 5.92 Å². The molecule has 0 radical (unpaired) electrons. The lowest BCUT2D eigenvalue weighted by atomic mass is 10.0. The van der Waals surface area contributed by atoms with Gasteiger partial charge in [0.25, 0.3) is 0 Å². The maximum absolute atomic E-state index is 12.9. The molecule has 3 N–H and O–H groups in total. The second-order valence-electron chi connectivity index (χ2n) is 22.6. The molecule has 0 aromatic carbocycles. The van der Waals surface area contributed by atoms with Crippen LogP contribution in [0.1, 0.15) is 304 Å². The molecule has 2 unspecified atom stereocenters. The molecule has 0 saturated carbocycles. The number of unbranched alkanes of at least 4 members (excludes halogenated alkanes) is 33. The van der Waals surface area contributed by atoms with Gasteiger partial charge in [0.15, 0.2) is 12.2 Å². The second kappa shape index (κ2) is 55.0. The van der Waals surface area contributed by atoms with Crippen molar-refractivity contribution in [3.63, 3.8) is 0 Å². The van der Waals surface area contributed by atoms with Gasteiger partial charge in [0.05, 0.1) is 26.4 Å². The number of carbonyl (C=O) groups excluding carboxylic acids is 4. The molecule has 474 valence electrons. The number of hydrogen-bond donors (Lipinski definition) is 3. The predicted octanol–water partition coefficient (Wildman–Crippen LogP) is 16.6. The highest BCUT2D eigenvalue weighted by molar-refractivity contribution is 7.47. The summed E-state index contributed by atoms with van der Waals surface area (Å²) in [7, 11) is -9.87. The summed E-state index contributed by atoms with van der Waals surface area (Å²) in [5.74, 6) is -1.37. The van der Waals surface area contributed by atoms with E-state index in [1.54, 1.807) is 0 Å². The molecule has 0 fully saturated rings. The summed E-state index contributed by atoms with van der Waals surface area (Å²) in [6, 6.07) is 0. The van der Waals surface area contributed by atoms with E-state index in [1.807, 2.05) is 0 Å². The maximum atomic E-state index is 12.9. The van der Waals surface area contributed by atoms with Crippen LogP contribution in [0, 0.1) is 5.92 Å². The van der Waals surface area contributed by atoms with E-state index < -0.39 is 97.5 Å². The molecule has 0 spiro atoms. The Bertz CT molecular complexity index is 1570. The molecular weight excluding hydrogens is 1070 g/mol. The van der Waals surface area contributed by atoms with Crippen LogP contribution in [0.15, 0.2) is 0 Å². The SMILES string of the molecule is CCCCCCCCCCCC(=O)OC[C@H](COP(=O)(O)OC[C@@H](O)COP(=O)(O)OC[C@@H](COC(=O)CCCCCCCCC)OC(=O)CCCCCCCCCCC)OC(=O)CCCCCCCCCCCCCCC(C)C. The molecular formula is C61H118O17P2. The van der Waals surface area contributed by atoms with Gasteiger partial charge in [-0.05, 0) is 31.6 Å². The van der Waals surface area contributed by atoms with Crippen LogP contribution >= 0.6 is 15.6 Å². The zero-order valence-corrected chi connectivity index (χ0v) is 53.0. The van der Waals surface area contributed by atoms with E-state index in [0.29, 0.717) is 25.7 Å². The van der Waals surface area contributed by atoms with Crippen LogP contribution in [0.4, 0.5) is 0 Å². The lowest BCUT2D eigenvalue weighted by molar-refractivity contribution is -0.161. The Morgan fingerprint density at radius 2 is 0.575 bits per heavy atom. The predicted molar refractivity (Wildman–Crippen MR) is 317 cm³/mol. The van der Waals surface area contributed by atoms with E-state index >= 15 is 0 Å². The fourth-order valence-electron chi connectivity index (χ4n) is 9.05. The third kappa shape index (κ3) is 55.3. The number of rotatable bonds is 61. The Kier molecular flexibility index (Phi) is 53.6. The molecule has 80 heavy (non-hydrogen) atoms. The van der Waals surface area contributed by atoms with Gasteiger partial charge >= 0.3 is 39.5 Å². The number of aliphatic hydroxyl groups excluding tert-OH is 1. The van der Waals surface area contributed by atoms with E-state index in [-0.39, 0.29) is 25.7 Å². The summed E-state index contributed by atoms with van der Waals surface area (Å²) in [6.07, 6.45) is 37.7. The van der Waals surface area contributed by atoms with Crippen molar-refractivity contribution < 1.29 is 80.2 Å². The van der Waals surface area contributed by atoms with Crippen molar-refractivity contribution in [3.05, 3.63) is 0 Å². The average molecular weight is 1190 g/mol. The van der Waals surface area contributed by atoms with Gasteiger partial charge in [-0.3, -0.25) is 37.3 Å². The van der Waals surface area contributed by atoms with Crippen LogP contribution in [0.2, 0.25) is 0 Å². The fourth-order valence-corrected chi connectivity index (χ4v) is 10.6. The Labute approximate surface area is 486 Å². The smallest absolute Gasteiger partial charge is 0.462 e. The molecule has 0 aliphatic heterocycles. The summed E-state index contributed by atoms with van der Waals surface area (Å²) in [4.78, 5) is 71.9. The summed E-state index contributed by atoms with van der Waals surface area (Å²) in [5, 5.41) is 10.5. The third-order valence-corrected chi connectivity index (χ3v) is 15.9. The molecule has 0 rings (SSSR count). The molecule has 0 aromatic heterocycles. The minimum atomic E-state index is -4.94. The Balaban J connectivity index is 5.18. The van der Waals surface area contributed by atoms with Crippen LogP contribution in [-0.2, 0) is 65.4 Å². The van der Waals surface area contributed by atoms with Crippen LogP contribution in [0.25, 0.3) is 0 Å². The molecule has 19 heteroatoms. The highest BCUT2D eigenvalue weighted by Gasteiger charge is 2.30. The Hall–Kier alpha value is -1.94. The van der Waals surface area contributed by atoms with Gasteiger partial charge in [-0.2, -0.15) is 0 Å². The Morgan fingerprint density at radius 1 is 0.338 bits per heavy atom. The first kappa shape index (κ1) is 78.1. The number of carbonyl (C=O) groups is 4. The van der Waals surface area contributed by atoms with E-state index in [2.05, 4.69) is 34.6 Å². The lowest BCUT2D eigenvalue weighted by Crippen LogP contribution is -2.30. The van der Waals surface area contributed by atoms with Gasteiger partial charge in [-0.1, -0.05) is 253 Å². The minimum Gasteiger partial charge on any atom is -0.462 e. The molecule has 0 aromatic rings. The first-order chi connectivity index (χ1) is 38.5. The van der Waals surface area contributed by atoms with Crippen molar-refractivity contribution >= 4 is 39.5 Å². The largest absolute Gasteiger partial charge is 0.472 e. The van der Waals surface area contributed by atoms with E-state index in [9.17, 15) is 43.2 Å². The molecule has 0 aliphatic carbocycles. The van der Waals surface area contributed by atoms with Crippen molar-refractivity contribution in [2.75, 3.05) is 39.6 Å².